The van der Waals surface area contributed by atoms with E-state index in [-0.39, 0.29) is 41.0 Å². The molecule has 4 rings (SSSR count). The van der Waals surface area contributed by atoms with Gasteiger partial charge in [-0.15, -0.1) is 0 Å². The maximum atomic E-state index is 7.50. The summed E-state index contributed by atoms with van der Waals surface area (Å²) in [5.41, 5.74) is 14.2. The van der Waals surface area contributed by atoms with Gasteiger partial charge < -0.3 is 24.0 Å². The maximum absolute atomic E-state index is 7.50. The normalized spacial score (nSPS) is 12.3. The van der Waals surface area contributed by atoms with Crippen LogP contribution in [0.4, 0.5) is 0 Å². The fourth-order valence-electron chi connectivity index (χ4n) is 4.54. The first-order chi connectivity index (χ1) is 17.2. The first kappa shape index (κ1) is 38.6. The number of hydrogen-bond acceptors (Lipinski definition) is 2. The van der Waals surface area contributed by atoms with Gasteiger partial charge in [0, 0.05) is 26.2 Å². The maximum Gasteiger partial charge on any atom is 2.00 e. The van der Waals surface area contributed by atoms with Gasteiger partial charge in [-0.25, -0.2) is 12.1 Å². The van der Waals surface area contributed by atoms with E-state index in [0.717, 1.165) is 26.2 Å². The SMILES string of the molecule is Cc1cc(C)c(C)c(CN2[C]N(Cc3c(C)c(C)cc(C)c3C)CC2)c1C.[C-]#[O+].[C-]#[O+].[Fe+2].[I-].c1cc[cH-]c1. The Morgan fingerprint density at radius 2 is 0.947 bits per heavy atom. The van der Waals surface area contributed by atoms with Gasteiger partial charge >= 0.3 is 39.7 Å². The summed E-state index contributed by atoms with van der Waals surface area (Å²) in [7, 11) is 0. The van der Waals surface area contributed by atoms with Crippen LogP contribution in [0.15, 0.2) is 42.5 Å². The molecular formula is C32H39FeIN2O2. The molecule has 2 radical (unpaired) electrons. The van der Waals surface area contributed by atoms with Gasteiger partial charge in [0.05, 0.1) is 0 Å². The van der Waals surface area contributed by atoms with Gasteiger partial charge in [-0.1, -0.05) is 12.1 Å². The van der Waals surface area contributed by atoms with Gasteiger partial charge in [-0.2, -0.15) is 18.2 Å². The number of aryl methyl sites for hydroxylation is 4. The van der Waals surface area contributed by atoms with Crippen molar-refractivity contribution in [1.29, 1.82) is 0 Å². The van der Waals surface area contributed by atoms with Gasteiger partial charge in [0.15, 0.2) is 0 Å². The summed E-state index contributed by atoms with van der Waals surface area (Å²) in [5, 5.41) is 0. The van der Waals surface area contributed by atoms with E-state index in [2.05, 4.69) is 97.3 Å². The largest absolute Gasteiger partial charge is 2.00 e. The van der Waals surface area contributed by atoms with Crippen molar-refractivity contribution in [1.82, 2.24) is 9.80 Å². The van der Waals surface area contributed by atoms with Crippen molar-refractivity contribution in [3.8, 4) is 0 Å². The molecule has 3 aromatic carbocycles. The molecule has 0 unspecified atom stereocenters. The molecule has 1 aliphatic rings. The predicted molar refractivity (Wildman–Crippen MR) is 145 cm³/mol. The molecule has 0 amide bonds. The average molecular weight is 666 g/mol. The standard InChI is InChI=1S/C25H34N2.C5H5.2CO.Fe.HI/c1-16-11-17(2)21(6)24(20(16)5)13-26-9-10-27(15-26)14-25-22(7)18(3)12-19(4)23(25)8;1-2-4-5-3-1;2*1-2;;/h11-12H,9-10,13-14H2,1-8H3;1-5H;;;;1H/q;-1;;;+2;/p-1. The second-order valence-corrected chi connectivity index (χ2v) is 9.38. The van der Waals surface area contributed by atoms with Crippen LogP contribution in [0.5, 0.6) is 0 Å². The van der Waals surface area contributed by atoms with E-state index in [4.69, 9.17) is 9.30 Å². The number of benzene rings is 2. The minimum atomic E-state index is 0. The van der Waals surface area contributed by atoms with Gasteiger partial charge in [-0.3, -0.25) is 9.80 Å². The van der Waals surface area contributed by atoms with E-state index in [1.807, 2.05) is 30.3 Å². The third kappa shape index (κ3) is 10.5. The number of hydrogen-bond donors (Lipinski definition) is 0. The van der Waals surface area contributed by atoms with Crippen LogP contribution in [-0.4, -0.2) is 22.9 Å². The molecule has 1 fully saturated rings. The number of rotatable bonds is 4. The first-order valence-corrected chi connectivity index (χ1v) is 12.1. The Kier molecular flexibility index (Phi) is 19.8. The molecule has 0 spiro atoms. The quantitative estimate of drug-likeness (QED) is 0.184. The summed E-state index contributed by atoms with van der Waals surface area (Å²) < 4.78 is 15.0. The molecule has 1 saturated heterocycles. The zero-order chi connectivity index (χ0) is 27.4. The molecule has 0 aliphatic carbocycles. The van der Waals surface area contributed by atoms with E-state index >= 15 is 0 Å². The first-order valence-electron chi connectivity index (χ1n) is 12.1. The smallest absolute Gasteiger partial charge is 1.00 e. The molecule has 4 nitrogen and oxygen atoms in total. The van der Waals surface area contributed by atoms with Crippen molar-refractivity contribution in [2.45, 2.75) is 68.5 Å². The molecule has 1 heterocycles. The molecule has 0 N–H and O–H groups in total. The summed E-state index contributed by atoms with van der Waals surface area (Å²) >= 11 is 0. The van der Waals surface area contributed by atoms with Crippen LogP contribution in [0, 0.1) is 75.4 Å². The van der Waals surface area contributed by atoms with Crippen molar-refractivity contribution in [2.75, 3.05) is 13.1 Å². The zero-order valence-corrected chi connectivity index (χ0v) is 27.1. The summed E-state index contributed by atoms with van der Waals surface area (Å²) in [6, 6.07) is 14.6. The predicted octanol–water partition coefficient (Wildman–Crippen LogP) is 3.80. The molecule has 0 bridgehead atoms. The van der Waals surface area contributed by atoms with E-state index < -0.39 is 0 Å². The molecule has 0 saturated carbocycles. The summed E-state index contributed by atoms with van der Waals surface area (Å²) in [6.07, 6.45) is 0. The third-order valence-electron chi connectivity index (χ3n) is 7.22. The molecule has 3 aromatic rings. The summed E-state index contributed by atoms with van der Waals surface area (Å²) in [4.78, 5) is 4.73. The van der Waals surface area contributed by atoms with Gasteiger partial charge in [-0.05, 0) is 111 Å². The van der Waals surface area contributed by atoms with Crippen molar-refractivity contribution < 1.29 is 50.3 Å². The Morgan fingerprint density at radius 3 is 1.18 bits per heavy atom. The second kappa shape index (κ2) is 19.5. The third-order valence-corrected chi connectivity index (χ3v) is 7.22. The van der Waals surface area contributed by atoms with Crippen molar-refractivity contribution >= 4 is 0 Å². The van der Waals surface area contributed by atoms with Crippen molar-refractivity contribution in [3.05, 3.63) is 118 Å². The minimum absolute atomic E-state index is 0. The van der Waals surface area contributed by atoms with Crippen molar-refractivity contribution in [3.63, 3.8) is 0 Å². The van der Waals surface area contributed by atoms with Crippen molar-refractivity contribution in [2.24, 2.45) is 0 Å². The van der Waals surface area contributed by atoms with Crippen LogP contribution in [0.2, 0.25) is 0 Å². The van der Waals surface area contributed by atoms with Crippen LogP contribution in [0.25, 0.3) is 0 Å². The average Bonchev–Trinajstić information content (AvgIpc) is 3.60. The second-order valence-electron chi connectivity index (χ2n) is 9.38. The van der Waals surface area contributed by atoms with Gasteiger partial charge in [0.1, 0.15) is 6.67 Å². The van der Waals surface area contributed by atoms with Gasteiger partial charge in [0.25, 0.3) is 0 Å². The van der Waals surface area contributed by atoms with E-state index in [1.54, 1.807) is 0 Å². The molecule has 0 atom stereocenters. The topological polar surface area (TPSA) is 46.3 Å². The fourth-order valence-corrected chi connectivity index (χ4v) is 4.54. The van der Waals surface area contributed by atoms with E-state index in [0.29, 0.717) is 0 Å². The van der Waals surface area contributed by atoms with Crippen LogP contribution >= 0.6 is 0 Å². The molecule has 38 heavy (non-hydrogen) atoms. The van der Waals surface area contributed by atoms with Gasteiger partial charge in [0.2, 0.25) is 0 Å². The number of halogens is 1. The Labute approximate surface area is 258 Å². The Balaban J connectivity index is 0. The Hall–Kier alpha value is -1.56. The zero-order valence-electron chi connectivity index (χ0n) is 23.8. The Morgan fingerprint density at radius 1 is 0.658 bits per heavy atom. The minimum Gasteiger partial charge on any atom is -1.00 e. The molecular weight excluding hydrogens is 627 g/mol. The monoisotopic (exact) mass is 666 g/mol. The van der Waals surface area contributed by atoms with Crippen LogP contribution in [-0.2, 0) is 39.5 Å². The Bertz CT molecular complexity index is 1010. The van der Waals surface area contributed by atoms with E-state index in [1.165, 1.54) is 55.6 Å². The number of nitrogens with zero attached hydrogens (tertiary/aromatic N) is 2. The fraction of sp³-hybridized carbons (Fsp3) is 0.375. The van der Waals surface area contributed by atoms with Crippen LogP contribution in [0.3, 0.4) is 0 Å². The van der Waals surface area contributed by atoms with Crippen LogP contribution < -0.4 is 24.0 Å². The molecule has 1 aliphatic heterocycles. The molecule has 204 valence electrons. The molecule has 6 heteroatoms. The van der Waals surface area contributed by atoms with E-state index in [9.17, 15) is 0 Å². The molecule has 0 aromatic heterocycles. The van der Waals surface area contributed by atoms with Crippen LogP contribution in [0.1, 0.15) is 55.6 Å². The summed E-state index contributed by atoms with van der Waals surface area (Å²) in [6.45, 7) is 34.6. The summed E-state index contributed by atoms with van der Waals surface area (Å²) in [5.74, 6) is 0.